The van der Waals surface area contributed by atoms with Crippen LogP contribution in [0.25, 0.3) is 0 Å². The van der Waals surface area contributed by atoms with Crippen LogP contribution in [0.5, 0.6) is 11.5 Å². The summed E-state index contributed by atoms with van der Waals surface area (Å²) in [7, 11) is 0. The number of benzene rings is 2. The second-order valence-corrected chi connectivity index (χ2v) is 7.34. The Labute approximate surface area is 184 Å². The van der Waals surface area contributed by atoms with Crippen LogP contribution in [0, 0.1) is 6.92 Å². The highest BCUT2D eigenvalue weighted by molar-refractivity contribution is 6.06. The van der Waals surface area contributed by atoms with Gasteiger partial charge >= 0.3 is 17.9 Å². The van der Waals surface area contributed by atoms with Gasteiger partial charge in [-0.2, -0.15) is 0 Å². The molecule has 0 amide bonds. The quantitative estimate of drug-likeness (QED) is 0.269. The molecular weight excluding hydrogens is 420 g/mol. The molecule has 172 valence electrons. The van der Waals surface area contributed by atoms with Crippen LogP contribution >= 0.6 is 0 Å². The van der Waals surface area contributed by atoms with Gasteiger partial charge in [-0.05, 0) is 61.6 Å². The number of carboxylic acids is 3. The fraction of sp³-hybridized carbons (Fsp3) is 0.348. The molecule has 0 aliphatic rings. The molecule has 0 spiro atoms. The van der Waals surface area contributed by atoms with Crippen molar-refractivity contribution in [1.29, 1.82) is 0 Å². The van der Waals surface area contributed by atoms with Gasteiger partial charge in [0.15, 0.2) is 0 Å². The van der Waals surface area contributed by atoms with Gasteiger partial charge in [0.25, 0.3) is 5.60 Å². The smallest absolute Gasteiger partial charge is 0.351 e. The van der Waals surface area contributed by atoms with E-state index in [1.54, 1.807) is 0 Å². The summed E-state index contributed by atoms with van der Waals surface area (Å²) in [6, 6.07) is 15.4. The van der Waals surface area contributed by atoms with E-state index in [-0.39, 0.29) is 6.61 Å². The molecule has 0 fully saturated rings. The van der Waals surface area contributed by atoms with E-state index in [9.17, 15) is 19.5 Å². The van der Waals surface area contributed by atoms with Gasteiger partial charge in [0.1, 0.15) is 11.5 Å². The molecule has 0 saturated carbocycles. The van der Waals surface area contributed by atoms with Crippen LogP contribution in [-0.2, 0) is 25.5 Å². The second kappa shape index (κ2) is 11.3. The summed E-state index contributed by atoms with van der Waals surface area (Å²) < 4.78 is 10.7. The van der Waals surface area contributed by atoms with E-state index in [1.807, 2.05) is 55.5 Å². The lowest BCUT2D eigenvalue weighted by Gasteiger charge is -2.25. The first-order chi connectivity index (χ1) is 15.1. The van der Waals surface area contributed by atoms with Crippen molar-refractivity contribution in [1.82, 2.24) is 0 Å². The molecule has 0 aliphatic carbocycles. The fourth-order valence-electron chi connectivity index (χ4n) is 3.03. The molecule has 0 aliphatic heterocycles. The number of rotatable bonds is 13. The Kier molecular flexibility index (Phi) is 8.74. The Hall–Kier alpha value is -3.43. The van der Waals surface area contributed by atoms with Crippen molar-refractivity contribution in [3.8, 4) is 11.5 Å². The minimum atomic E-state index is -3.56. The van der Waals surface area contributed by atoms with Gasteiger partial charge in [0.05, 0.1) is 0 Å². The predicted octanol–water partition coefficient (Wildman–Crippen LogP) is 2.87. The number of aliphatic hydroxyl groups is 1. The maximum absolute atomic E-state index is 11.2. The Morgan fingerprint density at radius 1 is 0.906 bits per heavy atom. The Balaban J connectivity index is 1.77. The molecule has 1 atom stereocenters. The zero-order chi connectivity index (χ0) is 23.7. The molecule has 2 aromatic carbocycles. The van der Waals surface area contributed by atoms with Crippen LogP contribution in [0.1, 0.15) is 30.4 Å². The van der Waals surface area contributed by atoms with Gasteiger partial charge in [0, 0.05) is 6.61 Å². The Morgan fingerprint density at radius 2 is 1.56 bits per heavy atom. The van der Waals surface area contributed by atoms with Crippen LogP contribution in [-0.4, -0.2) is 56.6 Å². The van der Waals surface area contributed by atoms with E-state index < -0.39 is 29.6 Å². The first kappa shape index (κ1) is 24.8. The Bertz CT molecular complexity index is 923. The summed E-state index contributed by atoms with van der Waals surface area (Å²) in [6.07, 6.45) is 0.0846. The number of ether oxygens (including phenoxy) is 2. The zero-order valence-corrected chi connectivity index (χ0v) is 17.6. The first-order valence-corrected chi connectivity index (χ1v) is 10.0. The van der Waals surface area contributed by atoms with Crippen molar-refractivity contribution in [3.05, 3.63) is 59.7 Å². The molecular formula is C23H26O9. The molecule has 9 nitrogen and oxygen atoms in total. The summed E-state index contributed by atoms with van der Waals surface area (Å²) in [6.45, 7) is 1.78. The molecule has 0 bridgehead atoms. The van der Waals surface area contributed by atoms with Crippen LogP contribution < -0.4 is 4.74 Å². The van der Waals surface area contributed by atoms with Gasteiger partial charge < -0.3 is 29.9 Å². The molecule has 0 heterocycles. The lowest BCUT2D eigenvalue weighted by atomic mass is 9.97. The average molecular weight is 446 g/mol. The second-order valence-electron chi connectivity index (χ2n) is 7.34. The minimum absolute atomic E-state index is 0.205. The molecule has 2 aromatic rings. The molecule has 32 heavy (non-hydrogen) atoms. The van der Waals surface area contributed by atoms with E-state index in [2.05, 4.69) is 0 Å². The highest BCUT2D eigenvalue weighted by atomic mass is 16.5. The summed E-state index contributed by atoms with van der Waals surface area (Å²) in [5.74, 6) is -4.79. The maximum atomic E-state index is 11.2. The predicted molar refractivity (Wildman–Crippen MR) is 113 cm³/mol. The van der Waals surface area contributed by atoms with Gasteiger partial charge in [-0.3, -0.25) is 0 Å². The molecule has 0 aromatic heterocycles. The zero-order valence-electron chi connectivity index (χ0n) is 17.6. The van der Waals surface area contributed by atoms with Crippen molar-refractivity contribution >= 4 is 17.9 Å². The lowest BCUT2D eigenvalue weighted by Crippen LogP contribution is -2.60. The van der Waals surface area contributed by atoms with E-state index in [1.165, 1.54) is 0 Å². The van der Waals surface area contributed by atoms with E-state index in [4.69, 9.17) is 24.8 Å². The van der Waals surface area contributed by atoms with Gasteiger partial charge in [-0.15, -0.1) is 0 Å². The molecule has 1 unspecified atom stereocenters. The number of aliphatic carboxylic acids is 3. The van der Waals surface area contributed by atoms with Crippen molar-refractivity contribution in [2.75, 3.05) is 6.61 Å². The van der Waals surface area contributed by atoms with E-state index in [0.29, 0.717) is 12.8 Å². The van der Waals surface area contributed by atoms with Crippen molar-refractivity contribution in [2.45, 2.75) is 44.3 Å². The number of hydrogen-bond acceptors (Lipinski definition) is 6. The van der Waals surface area contributed by atoms with Crippen LogP contribution in [0.2, 0.25) is 0 Å². The first-order valence-electron chi connectivity index (χ1n) is 10.0. The largest absolute Gasteiger partial charge is 0.479 e. The van der Waals surface area contributed by atoms with Crippen LogP contribution in [0.15, 0.2) is 48.5 Å². The average Bonchev–Trinajstić information content (AvgIpc) is 2.73. The van der Waals surface area contributed by atoms with E-state index >= 15 is 0 Å². The number of aryl methyl sites for hydroxylation is 2. The topological polar surface area (TPSA) is 151 Å². The third-order valence-corrected chi connectivity index (χ3v) is 4.80. The van der Waals surface area contributed by atoms with Crippen molar-refractivity contribution in [3.63, 3.8) is 0 Å². The molecule has 2 rings (SSSR count). The maximum Gasteiger partial charge on any atom is 0.351 e. The van der Waals surface area contributed by atoms with Gasteiger partial charge in [-0.25, -0.2) is 14.4 Å². The van der Waals surface area contributed by atoms with Crippen LogP contribution in [0.4, 0.5) is 0 Å². The van der Waals surface area contributed by atoms with Crippen LogP contribution in [0.3, 0.4) is 0 Å². The number of carbonyl (C=O) groups is 3. The lowest BCUT2D eigenvalue weighted by molar-refractivity contribution is -0.201. The van der Waals surface area contributed by atoms with Crippen molar-refractivity contribution in [2.24, 2.45) is 0 Å². The SMILES string of the molecule is Cc1cccc(Oc2ccc(CCCCCOC(C(=O)O)C(O)(C(=O)O)C(=O)O)cc2)c1. The highest BCUT2D eigenvalue weighted by Gasteiger charge is 2.56. The third-order valence-electron chi connectivity index (χ3n) is 4.80. The highest BCUT2D eigenvalue weighted by Crippen LogP contribution is 2.23. The fourth-order valence-corrected chi connectivity index (χ4v) is 3.03. The summed E-state index contributed by atoms with van der Waals surface area (Å²) in [5.41, 5.74) is -1.38. The monoisotopic (exact) mass is 446 g/mol. The Morgan fingerprint density at radius 3 is 2.12 bits per heavy atom. The molecule has 9 heteroatoms. The standard InChI is InChI=1S/C23H26O9/c1-15-6-5-8-18(14-15)32-17-11-9-16(10-12-17)7-3-2-4-13-31-19(20(24)25)23(30,21(26)27)22(28)29/h5-6,8-12,14,19,30H,2-4,7,13H2,1H3,(H,24,25)(H,26,27)(H,28,29). The number of carboxylic acid groups (broad SMARTS) is 3. The van der Waals surface area contributed by atoms with Crippen molar-refractivity contribution < 1.29 is 44.3 Å². The molecule has 0 saturated heterocycles. The normalized spacial score (nSPS) is 12.2. The summed E-state index contributed by atoms with van der Waals surface area (Å²) in [4.78, 5) is 33.3. The molecule has 4 N–H and O–H groups in total. The molecule has 0 radical (unpaired) electrons. The summed E-state index contributed by atoms with van der Waals surface area (Å²) >= 11 is 0. The number of hydrogen-bond donors (Lipinski definition) is 4. The number of unbranched alkanes of at least 4 members (excludes halogenated alkanes) is 2. The van der Waals surface area contributed by atoms with Gasteiger partial charge in [0.2, 0.25) is 6.10 Å². The van der Waals surface area contributed by atoms with Gasteiger partial charge in [-0.1, -0.05) is 30.7 Å². The third kappa shape index (κ3) is 6.53. The van der Waals surface area contributed by atoms with E-state index in [0.717, 1.165) is 35.5 Å². The summed E-state index contributed by atoms with van der Waals surface area (Å²) in [5, 5.41) is 36.7. The minimum Gasteiger partial charge on any atom is -0.479 e.